The second-order valence-corrected chi connectivity index (χ2v) is 16.7. The summed E-state index contributed by atoms with van der Waals surface area (Å²) in [6.07, 6.45) is 4.86. The second-order valence-electron chi connectivity index (χ2n) is 14.7. The molecular weight excluding hydrogens is 636 g/mol. The van der Waals surface area contributed by atoms with Gasteiger partial charge in [-0.3, -0.25) is 19.7 Å². The Labute approximate surface area is 283 Å². The Morgan fingerprint density at radius 1 is 1.00 bits per heavy atom. The summed E-state index contributed by atoms with van der Waals surface area (Å²) < 4.78 is 37.7. The largest absolute Gasteiger partial charge is 0.444 e. The highest BCUT2D eigenvalue weighted by molar-refractivity contribution is 7.86. The molecule has 0 radical (unpaired) electrons. The first-order chi connectivity index (χ1) is 22.8. The summed E-state index contributed by atoms with van der Waals surface area (Å²) in [6.45, 7) is 10.5. The van der Waals surface area contributed by atoms with Gasteiger partial charge in [-0.25, -0.2) is 9.59 Å². The van der Waals surface area contributed by atoms with Crippen LogP contribution in [0.5, 0.6) is 0 Å². The Balaban J connectivity index is 0.990. The molecule has 0 saturated carbocycles. The van der Waals surface area contributed by atoms with E-state index in [9.17, 15) is 22.8 Å². The maximum absolute atomic E-state index is 13.6. The van der Waals surface area contributed by atoms with E-state index in [-0.39, 0.29) is 18.4 Å². The minimum atomic E-state index is -3.56. The van der Waals surface area contributed by atoms with Crippen molar-refractivity contribution in [1.82, 2.24) is 33.9 Å². The van der Waals surface area contributed by atoms with E-state index in [4.69, 9.17) is 4.74 Å². The number of hydrogen-bond acceptors (Lipinski definition) is 8. The zero-order valence-corrected chi connectivity index (χ0v) is 29.4. The Bertz CT molecular complexity index is 1620. The van der Waals surface area contributed by atoms with Crippen molar-refractivity contribution in [3.63, 3.8) is 0 Å². The monoisotopic (exact) mass is 686 g/mol. The zero-order valence-electron chi connectivity index (χ0n) is 28.6. The van der Waals surface area contributed by atoms with Crippen LogP contribution in [0.3, 0.4) is 0 Å². The highest BCUT2D eigenvalue weighted by Crippen LogP contribution is 2.34. The number of urea groups is 1. The number of rotatable bonds is 7. The standard InChI is InChI=1S/C33H50N8O6S/c1-33(2,3)47-32(44)34-26-11-17-39(18-12-26)48(45,46)40-14-5-6-23(22-40)21-38-15-9-24(10-16-38)25-7-8-27-28(20-25)37(4)36-30(27)41-19-13-29(42)35-31(41)43/h7-8,20,23-24,26H,5-6,9-19,21-22H2,1-4H3,(H,34,44)(H,35,42,43). The molecule has 6 rings (SSSR count). The van der Waals surface area contributed by atoms with Crippen molar-refractivity contribution >= 4 is 45.0 Å². The van der Waals surface area contributed by atoms with Gasteiger partial charge < -0.3 is 15.0 Å². The number of nitrogens with zero attached hydrogens (tertiary/aromatic N) is 6. The summed E-state index contributed by atoms with van der Waals surface area (Å²) in [6, 6.07) is 5.83. The van der Waals surface area contributed by atoms with Crippen LogP contribution in [0.25, 0.3) is 10.9 Å². The molecule has 1 unspecified atom stereocenters. The number of aryl methyl sites for hydroxylation is 1. The average Bonchev–Trinajstić information content (AvgIpc) is 3.36. The third-order valence-corrected chi connectivity index (χ3v) is 12.1. The first-order valence-corrected chi connectivity index (χ1v) is 18.7. The van der Waals surface area contributed by atoms with Crippen molar-refractivity contribution in [3.05, 3.63) is 23.8 Å². The van der Waals surface area contributed by atoms with Gasteiger partial charge >= 0.3 is 12.1 Å². The van der Waals surface area contributed by atoms with Gasteiger partial charge in [0.2, 0.25) is 5.91 Å². The van der Waals surface area contributed by atoms with Crippen LogP contribution in [0.1, 0.15) is 77.2 Å². The fourth-order valence-corrected chi connectivity index (χ4v) is 9.30. The Morgan fingerprint density at radius 2 is 1.73 bits per heavy atom. The number of likely N-dealkylation sites (tertiary alicyclic amines) is 1. The third kappa shape index (κ3) is 7.79. The highest BCUT2D eigenvalue weighted by atomic mass is 32.2. The van der Waals surface area contributed by atoms with Crippen LogP contribution in [-0.2, 0) is 26.8 Å². The van der Waals surface area contributed by atoms with Crippen LogP contribution in [0.2, 0.25) is 0 Å². The minimum absolute atomic E-state index is 0.0947. The number of hydrogen-bond donors (Lipinski definition) is 2. The molecule has 1 aromatic carbocycles. The number of carbonyl (C=O) groups excluding carboxylic acids is 3. The summed E-state index contributed by atoms with van der Waals surface area (Å²) in [5.74, 6) is 1.01. The van der Waals surface area contributed by atoms with Crippen LogP contribution in [-0.4, -0.2) is 114 Å². The zero-order chi connectivity index (χ0) is 34.2. The smallest absolute Gasteiger partial charge is 0.407 e. The number of aromatic nitrogens is 2. The number of piperidine rings is 3. The first-order valence-electron chi connectivity index (χ1n) is 17.3. The maximum Gasteiger partial charge on any atom is 0.407 e. The molecule has 4 fully saturated rings. The number of nitrogens with one attached hydrogen (secondary N) is 2. The van der Waals surface area contributed by atoms with Crippen molar-refractivity contribution in [2.24, 2.45) is 13.0 Å². The van der Waals surface area contributed by atoms with Gasteiger partial charge in [-0.15, -0.1) is 0 Å². The molecular formula is C33H50N8O6S. The van der Waals surface area contributed by atoms with Gasteiger partial charge in [0.15, 0.2) is 5.82 Å². The Morgan fingerprint density at radius 3 is 2.42 bits per heavy atom. The molecule has 264 valence electrons. The lowest BCUT2D eigenvalue weighted by Crippen LogP contribution is -2.53. The molecule has 1 aromatic heterocycles. The molecule has 5 heterocycles. The Kier molecular flexibility index (Phi) is 10.0. The molecule has 4 saturated heterocycles. The molecule has 1 atom stereocenters. The molecule has 4 amide bonds. The van der Waals surface area contributed by atoms with E-state index in [2.05, 4.69) is 32.8 Å². The van der Waals surface area contributed by atoms with Crippen LogP contribution in [0.15, 0.2) is 18.2 Å². The molecule has 4 aliphatic heterocycles. The first kappa shape index (κ1) is 34.6. The third-order valence-electron chi connectivity index (χ3n) is 10.1. The second kappa shape index (κ2) is 13.9. The summed E-state index contributed by atoms with van der Waals surface area (Å²) in [5, 5.41) is 10.8. The fraction of sp³-hybridized carbons (Fsp3) is 0.697. The molecule has 4 aliphatic rings. The molecule has 15 heteroatoms. The van der Waals surface area contributed by atoms with Gasteiger partial charge in [-0.2, -0.15) is 22.1 Å². The van der Waals surface area contributed by atoms with Gasteiger partial charge in [0.1, 0.15) is 5.60 Å². The van der Waals surface area contributed by atoms with Gasteiger partial charge in [0.25, 0.3) is 10.2 Å². The number of fused-ring (bicyclic) bond motifs is 1. The lowest BCUT2D eigenvalue weighted by atomic mass is 9.88. The lowest BCUT2D eigenvalue weighted by Gasteiger charge is -2.40. The number of ether oxygens (including phenoxy) is 1. The van der Waals surface area contributed by atoms with Crippen molar-refractivity contribution in [2.45, 2.75) is 83.3 Å². The van der Waals surface area contributed by atoms with Gasteiger partial charge in [-0.05, 0) is 102 Å². The molecule has 2 N–H and O–H groups in total. The average molecular weight is 687 g/mol. The number of imide groups is 1. The summed E-state index contributed by atoms with van der Waals surface area (Å²) in [7, 11) is -1.68. The molecule has 0 bridgehead atoms. The number of anilines is 1. The van der Waals surface area contributed by atoms with E-state index < -0.39 is 27.9 Å². The fourth-order valence-electron chi connectivity index (χ4n) is 7.54. The summed E-state index contributed by atoms with van der Waals surface area (Å²) in [4.78, 5) is 40.3. The van der Waals surface area contributed by atoms with Crippen LogP contribution >= 0.6 is 0 Å². The topological polar surface area (TPSA) is 149 Å². The van der Waals surface area contributed by atoms with Crippen molar-refractivity contribution in [1.29, 1.82) is 0 Å². The van der Waals surface area contributed by atoms with E-state index in [1.54, 1.807) is 13.3 Å². The van der Waals surface area contributed by atoms with E-state index >= 15 is 0 Å². The molecule has 0 aliphatic carbocycles. The van der Waals surface area contributed by atoms with E-state index in [1.807, 2.05) is 33.9 Å². The van der Waals surface area contributed by atoms with E-state index in [1.165, 1.54) is 10.5 Å². The highest BCUT2D eigenvalue weighted by Gasteiger charge is 2.37. The molecule has 14 nitrogen and oxygen atoms in total. The van der Waals surface area contributed by atoms with E-state index in [0.29, 0.717) is 63.2 Å². The van der Waals surface area contributed by atoms with Gasteiger partial charge in [0, 0.05) is 64.2 Å². The number of alkyl carbamates (subject to hydrolysis) is 1. The number of amides is 4. The van der Waals surface area contributed by atoms with Gasteiger partial charge in [0.05, 0.1) is 5.52 Å². The SMILES string of the molecule is Cn1nc(N2CCC(=O)NC2=O)c2ccc(C3CCN(CC4CCCN(S(=O)(=O)N5CCC(NC(=O)OC(C)(C)C)CC5)C4)CC3)cc21. The quantitative estimate of drug-likeness (QED) is 0.452. The van der Waals surface area contributed by atoms with Crippen molar-refractivity contribution < 1.29 is 27.5 Å². The van der Waals surface area contributed by atoms with Crippen LogP contribution in [0.4, 0.5) is 15.4 Å². The van der Waals surface area contributed by atoms with E-state index in [0.717, 1.165) is 56.2 Å². The Hall–Kier alpha value is -3.27. The number of benzene rings is 1. The van der Waals surface area contributed by atoms with Crippen molar-refractivity contribution in [2.75, 3.05) is 57.3 Å². The summed E-state index contributed by atoms with van der Waals surface area (Å²) >= 11 is 0. The lowest BCUT2D eigenvalue weighted by molar-refractivity contribution is -0.120. The molecule has 0 spiro atoms. The predicted octanol–water partition coefficient (Wildman–Crippen LogP) is 3.14. The predicted molar refractivity (Wildman–Crippen MR) is 182 cm³/mol. The minimum Gasteiger partial charge on any atom is -0.444 e. The van der Waals surface area contributed by atoms with Crippen LogP contribution < -0.4 is 15.5 Å². The molecule has 2 aromatic rings. The summed E-state index contributed by atoms with van der Waals surface area (Å²) in [5.41, 5.74) is 1.65. The number of carbonyl (C=O) groups is 3. The van der Waals surface area contributed by atoms with Crippen molar-refractivity contribution in [3.8, 4) is 0 Å². The normalized spacial score (nSPS) is 23.4. The maximum atomic E-state index is 13.6. The molecule has 48 heavy (non-hydrogen) atoms. The van der Waals surface area contributed by atoms with Gasteiger partial charge in [-0.1, -0.05) is 6.07 Å². The van der Waals surface area contributed by atoms with Crippen LogP contribution in [0, 0.1) is 5.92 Å².